The molecule has 1 heterocycles. The fourth-order valence-corrected chi connectivity index (χ4v) is 193. The molecule has 9 heteroatoms. The Morgan fingerprint density at radius 3 is 1.13 bits per heavy atom. The zero-order valence-electron chi connectivity index (χ0n) is 16.5. The number of fused-ring (bicyclic) bond motifs is 3. The SMILES string of the molecule is Cc1[c]([RaH])[c]([RaH])c2c([c]1[RaH])[Si]([RaH])([RaH])c1[c]([RaH])c(C)[c]([RaH])[c]([RaH])c1-2. The van der Waals surface area contributed by atoms with E-state index in [2.05, 4.69) is 25.4 Å². The molecular formula is C14H14Ra8Si. The number of hydrogen-bond donors (Lipinski definition) is 0. The molecule has 0 radical (unpaired) electrons. The molecule has 23 heavy (non-hydrogen) atoms. The summed E-state index contributed by atoms with van der Waals surface area (Å²) in [4.78, 5) is 0. The van der Waals surface area contributed by atoms with Crippen LogP contribution in [-0.2, 0) is 0 Å². The minimum atomic E-state index is -0.944. The van der Waals surface area contributed by atoms with Crippen LogP contribution in [0.3, 0.4) is 0 Å². The molecule has 0 saturated carbocycles. The molecular weight excluding hydrogens is 2000 g/mol. The van der Waals surface area contributed by atoms with Gasteiger partial charge in [0.2, 0.25) is 0 Å². The minimum absolute atomic E-state index is 0.545. The first-order valence-corrected chi connectivity index (χ1v) is 61.1. The van der Waals surface area contributed by atoms with Crippen LogP contribution < -0.4 is 14.0 Å². The Balaban J connectivity index is 2.63. The summed E-state index contributed by atoms with van der Waals surface area (Å²) in [5.74, 6) is 0. The summed E-state index contributed by atoms with van der Waals surface area (Å²) in [6.07, 6.45) is 0. The van der Waals surface area contributed by atoms with E-state index in [1.54, 1.807) is 0 Å². The maximum atomic E-state index is 2.55. The summed E-state index contributed by atoms with van der Waals surface area (Å²) >= 11 is 4.78. The van der Waals surface area contributed by atoms with Gasteiger partial charge in [-0.05, 0) is 0 Å². The Morgan fingerprint density at radius 2 is 0.826 bits per heavy atom. The average molecular weight is 2020 g/mol. The van der Waals surface area contributed by atoms with E-state index in [-0.39, 0.29) is 0 Å². The van der Waals surface area contributed by atoms with Crippen molar-refractivity contribution in [3.05, 3.63) is 11.1 Å². The maximum absolute atomic E-state index is 2.55. The monoisotopic (exact) mass is 2020 g/mol. The molecule has 0 aliphatic carbocycles. The van der Waals surface area contributed by atoms with E-state index < -0.39 is -4.24 Å². The van der Waals surface area contributed by atoms with Crippen molar-refractivity contribution < 1.29 is 340 Å². The van der Waals surface area contributed by atoms with Crippen LogP contribution in [0, 0.1) is 354 Å². The normalized spacial score (nSPS) is 14.2. The van der Waals surface area contributed by atoms with Crippen molar-refractivity contribution in [1.29, 1.82) is 0 Å². The second-order valence-electron chi connectivity index (χ2n) is 8.12. The Hall–Kier alpha value is 10.4. The summed E-state index contributed by atoms with van der Waals surface area (Å²) in [5.41, 5.74) is 7.86. The van der Waals surface area contributed by atoms with Crippen LogP contribution >= 0.6 is 0 Å². The van der Waals surface area contributed by atoms with Gasteiger partial charge in [-0.3, -0.25) is 0 Å². The molecule has 1 aliphatic rings. The zero-order chi connectivity index (χ0) is 17.4. The van der Waals surface area contributed by atoms with Crippen LogP contribution in [0.1, 0.15) is 11.1 Å². The molecule has 90 valence electrons. The fraction of sp³-hybridized carbons (Fsp3) is 0.143. The van der Waals surface area contributed by atoms with Crippen molar-refractivity contribution in [2.75, 3.05) is 0 Å². The van der Waals surface area contributed by atoms with Crippen LogP contribution in [0.2, 0.25) is 0 Å². The first-order chi connectivity index (χ1) is 10.5. The molecule has 2 aromatic carbocycles. The van der Waals surface area contributed by atoms with Crippen molar-refractivity contribution >= 4 is 9.76 Å². The van der Waals surface area contributed by atoms with Crippen LogP contribution in [0.4, 0.5) is 0 Å². The molecule has 3 rings (SSSR count). The summed E-state index contributed by atoms with van der Waals surface area (Å²) in [6, 6.07) is 0. The molecule has 2 aromatic rings. The van der Waals surface area contributed by atoms with Gasteiger partial charge < -0.3 is 0 Å². The van der Waals surface area contributed by atoms with Crippen LogP contribution in [0.25, 0.3) is 11.1 Å². The first kappa shape index (κ1) is 28.0. The van der Waals surface area contributed by atoms with Gasteiger partial charge in [0, 0.05) is 0 Å². The van der Waals surface area contributed by atoms with Gasteiger partial charge in [0.1, 0.15) is 0 Å². The number of benzene rings is 2. The van der Waals surface area contributed by atoms with Gasteiger partial charge in [-0.1, -0.05) is 0 Å². The van der Waals surface area contributed by atoms with E-state index in [1.807, 2.05) is 24.7 Å². The molecule has 0 nitrogen and oxygen atoms in total. The van der Waals surface area contributed by atoms with E-state index in [0.29, 0.717) is 257 Å². The summed E-state index contributed by atoms with van der Waals surface area (Å²) in [5, 5.41) is 4.40. The van der Waals surface area contributed by atoms with Crippen molar-refractivity contribution in [3.63, 3.8) is 0 Å². The van der Waals surface area contributed by atoms with Crippen molar-refractivity contribution in [3.8, 4) is 11.1 Å². The van der Waals surface area contributed by atoms with Gasteiger partial charge in [-0.2, -0.15) is 0 Å². The van der Waals surface area contributed by atoms with Gasteiger partial charge >= 0.3 is 386 Å². The Bertz CT molecular complexity index is 816. The molecule has 0 atom stereocenters. The fourth-order valence-electron chi connectivity index (χ4n) is 4.94. The topological polar surface area (TPSA) is 0 Å². The second-order valence-corrected chi connectivity index (χ2v) is 188. The molecule has 0 spiro atoms. The summed E-state index contributed by atoms with van der Waals surface area (Å²) in [6.45, 7) is 5.10. The molecule has 0 unspecified atom stereocenters. The molecule has 0 N–H and O–H groups in total. The third-order valence-corrected chi connectivity index (χ3v) is 106. The van der Waals surface area contributed by atoms with Gasteiger partial charge in [-0.15, -0.1) is 0 Å². The summed E-state index contributed by atoms with van der Waals surface area (Å²) in [7, 11) is 0. The van der Waals surface area contributed by atoms with E-state index in [1.165, 1.54) is 0 Å². The van der Waals surface area contributed by atoms with Gasteiger partial charge in [0.25, 0.3) is 0 Å². The quantitative estimate of drug-likeness (QED) is 0.232. The number of rotatable bonds is 0. The molecule has 0 bridgehead atoms. The van der Waals surface area contributed by atoms with E-state index in [4.69, 9.17) is 0 Å². The molecule has 0 fully saturated rings. The molecule has 0 saturated heterocycles. The van der Waals surface area contributed by atoms with Gasteiger partial charge in [0.15, 0.2) is 0 Å². The Kier molecular flexibility index (Phi) is 14.1. The molecule has 0 amide bonds. The van der Waals surface area contributed by atoms with Crippen molar-refractivity contribution in [2.45, 2.75) is 13.8 Å². The van der Waals surface area contributed by atoms with Crippen LogP contribution in [0.15, 0.2) is 0 Å². The Labute approximate surface area is 370 Å². The third kappa shape index (κ3) is 5.41. The van der Waals surface area contributed by atoms with Crippen LogP contribution in [-0.4, -0.2) is -4.24 Å². The van der Waals surface area contributed by atoms with Crippen LogP contribution in [0.5, 0.6) is 0 Å². The summed E-state index contributed by atoms with van der Waals surface area (Å²) < 4.78 is 11.2. The molecule has 0 aromatic heterocycles. The zero-order valence-corrected chi connectivity index (χ0v) is 83.3. The van der Waals surface area contributed by atoms with E-state index in [0.717, 1.165) is 83.2 Å². The molecule has 1 aliphatic heterocycles. The predicted octanol–water partition coefficient (Wildman–Crippen LogP) is -5.16. The van der Waals surface area contributed by atoms with Crippen molar-refractivity contribution in [1.82, 2.24) is 0 Å². The third-order valence-electron chi connectivity index (χ3n) is 6.88. The standard InChI is InChI=1S/C14H6Si.8Ra.8H/c1-9-3-5-11-12-6-4-10(2)8-14(12)15-13(11)7-9;;;;;;;;;;;;;;;;/h1-2H3;;;;;;;;;;;;;;;;. The van der Waals surface area contributed by atoms with E-state index in [9.17, 15) is 0 Å². The van der Waals surface area contributed by atoms with E-state index >= 15 is 0 Å². The second kappa shape index (κ2) is 11.6. The predicted molar refractivity (Wildman–Crippen MR) is 75.3 cm³/mol. The number of hydrogen-bond acceptors (Lipinski definition) is 0. The first-order valence-electron chi connectivity index (χ1n) is 8.75. The van der Waals surface area contributed by atoms with Gasteiger partial charge in [0.05, 0.1) is 0 Å². The van der Waals surface area contributed by atoms with Gasteiger partial charge in [-0.25, -0.2) is 0 Å². The average Bonchev–Trinajstić information content (AvgIpc) is 2.74. The Morgan fingerprint density at radius 1 is 0.522 bits per heavy atom. The van der Waals surface area contributed by atoms with Crippen molar-refractivity contribution in [2.24, 2.45) is 0 Å².